The average Bonchev–Trinajstić information content (AvgIpc) is 3.19. The second-order valence-electron chi connectivity index (χ2n) is 6.19. The van der Waals surface area contributed by atoms with E-state index in [1.54, 1.807) is 6.20 Å². The van der Waals surface area contributed by atoms with Crippen LogP contribution in [0.25, 0.3) is 10.0 Å². The molecule has 0 saturated heterocycles. The number of carboxylic acids is 1. The van der Waals surface area contributed by atoms with Crippen molar-refractivity contribution in [2.75, 3.05) is 6.54 Å². The molecule has 0 fully saturated rings. The predicted molar refractivity (Wildman–Crippen MR) is 100 cm³/mol. The fourth-order valence-electron chi connectivity index (χ4n) is 2.32. The summed E-state index contributed by atoms with van der Waals surface area (Å²) in [6.07, 6.45) is 4.91. The Bertz CT molecular complexity index is 696. The van der Waals surface area contributed by atoms with Crippen LogP contribution in [0.15, 0.2) is 11.6 Å². The molecular formula is C17H23N3O3S2. The van der Waals surface area contributed by atoms with E-state index in [1.807, 2.05) is 5.38 Å². The van der Waals surface area contributed by atoms with E-state index < -0.39 is 5.97 Å². The molecule has 0 spiro atoms. The lowest BCUT2D eigenvalue weighted by Crippen LogP contribution is -2.26. The van der Waals surface area contributed by atoms with Gasteiger partial charge in [0.05, 0.1) is 0 Å². The summed E-state index contributed by atoms with van der Waals surface area (Å²) in [5, 5.41) is 15.0. The molecule has 8 heteroatoms. The highest BCUT2D eigenvalue weighted by atomic mass is 32.1. The Balaban J connectivity index is 1.96. The summed E-state index contributed by atoms with van der Waals surface area (Å²) in [5.74, 6) is -0.500. The van der Waals surface area contributed by atoms with Gasteiger partial charge in [-0.05, 0) is 25.2 Å². The first-order valence-corrected chi connectivity index (χ1v) is 10.1. The minimum Gasteiger partial charge on any atom is -0.481 e. The van der Waals surface area contributed by atoms with Gasteiger partial charge in [0.25, 0.3) is 5.91 Å². The molecular weight excluding hydrogens is 358 g/mol. The molecule has 0 bridgehead atoms. The smallest absolute Gasteiger partial charge is 0.303 e. The molecule has 0 aliphatic rings. The van der Waals surface area contributed by atoms with Gasteiger partial charge in [0.15, 0.2) is 10.0 Å². The van der Waals surface area contributed by atoms with Crippen LogP contribution in [0.1, 0.15) is 54.9 Å². The van der Waals surface area contributed by atoms with Crippen LogP contribution in [-0.4, -0.2) is 33.5 Å². The third kappa shape index (κ3) is 6.21. The molecule has 0 aliphatic carbocycles. The van der Waals surface area contributed by atoms with Gasteiger partial charge in [-0.15, -0.1) is 22.7 Å². The number of carboxylic acid groups (broad SMARTS) is 1. The van der Waals surface area contributed by atoms with Gasteiger partial charge in [-0.2, -0.15) is 0 Å². The molecule has 0 aromatic carbocycles. The van der Waals surface area contributed by atoms with Crippen molar-refractivity contribution in [2.45, 2.75) is 46.0 Å². The first kappa shape index (κ1) is 19.5. The molecule has 0 atom stereocenters. The lowest BCUT2D eigenvalue weighted by Gasteiger charge is -2.06. The van der Waals surface area contributed by atoms with Crippen molar-refractivity contribution in [2.24, 2.45) is 5.92 Å². The van der Waals surface area contributed by atoms with Gasteiger partial charge in [0, 0.05) is 29.4 Å². The van der Waals surface area contributed by atoms with Gasteiger partial charge in [-0.3, -0.25) is 9.59 Å². The molecule has 2 aromatic heterocycles. The number of hydrogen-bond acceptors (Lipinski definition) is 6. The Morgan fingerprint density at radius 2 is 2.04 bits per heavy atom. The number of carbonyl (C=O) groups is 2. The normalized spacial score (nSPS) is 11.0. The van der Waals surface area contributed by atoms with Crippen molar-refractivity contribution in [1.82, 2.24) is 15.3 Å². The minimum atomic E-state index is -0.778. The van der Waals surface area contributed by atoms with Crippen LogP contribution in [0.2, 0.25) is 0 Å². The van der Waals surface area contributed by atoms with Gasteiger partial charge in [0.2, 0.25) is 0 Å². The maximum atomic E-state index is 12.5. The van der Waals surface area contributed by atoms with E-state index in [4.69, 9.17) is 5.11 Å². The molecule has 0 aliphatic heterocycles. The average molecular weight is 382 g/mol. The van der Waals surface area contributed by atoms with E-state index >= 15 is 0 Å². The van der Waals surface area contributed by atoms with Crippen molar-refractivity contribution in [3.8, 4) is 10.0 Å². The summed E-state index contributed by atoms with van der Waals surface area (Å²) in [6.45, 7) is 4.77. The number of carbonyl (C=O) groups excluding carboxylic acids is 1. The molecule has 0 radical (unpaired) electrons. The summed E-state index contributed by atoms with van der Waals surface area (Å²) < 4.78 is 0. The highest BCUT2D eigenvalue weighted by molar-refractivity contribution is 7.20. The highest BCUT2D eigenvalue weighted by Gasteiger charge is 2.20. The Hall–Kier alpha value is -1.80. The standard InChI is InChI=1S/C17H23N3O3S2/c1-11(2)10-12-14(20-17(25-12)16-19-8-9-24-16)15(23)18-7-5-3-4-6-13(21)22/h8-9,11H,3-7,10H2,1-2H3,(H,18,23)(H,21,22). The minimum absolute atomic E-state index is 0.159. The first-order valence-electron chi connectivity index (χ1n) is 8.37. The molecule has 2 N–H and O–H groups in total. The van der Waals surface area contributed by atoms with Gasteiger partial charge >= 0.3 is 5.97 Å². The molecule has 25 heavy (non-hydrogen) atoms. The second-order valence-corrected chi connectivity index (χ2v) is 8.16. The van der Waals surface area contributed by atoms with Crippen molar-refractivity contribution in [1.29, 1.82) is 0 Å². The number of nitrogens with one attached hydrogen (secondary N) is 1. The van der Waals surface area contributed by atoms with Crippen LogP contribution < -0.4 is 5.32 Å². The van der Waals surface area contributed by atoms with Gasteiger partial charge in [-0.25, -0.2) is 9.97 Å². The van der Waals surface area contributed by atoms with Gasteiger partial charge in [0.1, 0.15) is 5.69 Å². The Morgan fingerprint density at radius 1 is 1.24 bits per heavy atom. The number of nitrogens with zero attached hydrogens (tertiary/aromatic N) is 2. The molecule has 2 heterocycles. The number of amides is 1. The third-order valence-electron chi connectivity index (χ3n) is 3.47. The predicted octanol–water partition coefficient (Wildman–Crippen LogP) is 3.84. The van der Waals surface area contributed by atoms with E-state index in [0.717, 1.165) is 34.2 Å². The Labute approximate surface area is 155 Å². The third-order valence-corrected chi connectivity index (χ3v) is 5.47. The highest BCUT2D eigenvalue weighted by Crippen LogP contribution is 2.31. The molecule has 2 aromatic rings. The monoisotopic (exact) mass is 381 g/mol. The summed E-state index contributed by atoms with van der Waals surface area (Å²) in [4.78, 5) is 32.7. The summed E-state index contributed by atoms with van der Waals surface area (Å²) in [5.41, 5.74) is 0.495. The van der Waals surface area contributed by atoms with E-state index in [1.165, 1.54) is 22.7 Å². The fraction of sp³-hybridized carbons (Fsp3) is 0.529. The van der Waals surface area contributed by atoms with Crippen LogP contribution in [0.3, 0.4) is 0 Å². The SMILES string of the molecule is CC(C)Cc1sc(-c2nccs2)nc1C(=O)NCCCCCC(=O)O. The first-order chi connectivity index (χ1) is 12.0. The van der Waals surface area contributed by atoms with E-state index in [9.17, 15) is 9.59 Å². The lowest BCUT2D eigenvalue weighted by molar-refractivity contribution is -0.137. The molecule has 2 rings (SSSR count). The van der Waals surface area contributed by atoms with Crippen LogP contribution in [0.4, 0.5) is 0 Å². The van der Waals surface area contributed by atoms with E-state index in [0.29, 0.717) is 24.6 Å². The van der Waals surface area contributed by atoms with Gasteiger partial charge < -0.3 is 10.4 Å². The number of aromatic nitrogens is 2. The zero-order chi connectivity index (χ0) is 18.2. The number of aliphatic carboxylic acids is 1. The second kappa shape index (κ2) is 9.62. The molecule has 6 nitrogen and oxygen atoms in total. The number of thiazole rings is 2. The zero-order valence-electron chi connectivity index (χ0n) is 14.4. The molecule has 0 saturated carbocycles. The van der Waals surface area contributed by atoms with Crippen LogP contribution in [-0.2, 0) is 11.2 Å². The van der Waals surface area contributed by atoms with Crippen molar-refractivity contribution >= 4 is 34.6 Å². The number of unbranched alkanes of at least 4 members (excludes halogenated alkanes) is 2. The Morgan fingerprint density at radius 3 is 2.68 bits per heavy atom. The summed E-state index contributed by atoms with van der Waals surface area (Å²) in [6, 6.07) is 0. The summed E-state index contributed by atoms with van der Waals surface area (Å²) >= 11 is 3.05. The van der Waals surface area contributed by atoms with Gasteiger partial charge in [-0.1, -0.05) is 20.3 Å². The number of rotatable bonds is 10. The van der Waals surface area contributed by atoms with Crippen molar-refractivity contribution < 1.29 is 14.7 Å². The quantitative estimate of drug-likeness (QED) is 0.610. The van der Waals surface area contributed by atoms with Crippen LogP contribution in [0.5, 0.6) is 0 Å². The van der Waals surface area contributed by atoms with Crippen molar-refractivity contribution in [3.05, 3.63) is 22.1 Å². The fourth-order valence-corrected chi connectivity index (χ4v) is 4.27. The maximum absolute atomic E-state index is 12.5. The lowest BCUT2D eigenvalue weighted by atomic mass is 10.1. The van der Waals surface area contributed by atoms with E-state index in [2.05, 4.69) is 29.1 Å². The molecule has 0 unspecified atom stereocenters. The van der Waals surface area contributed by atoms with Crippen LogP contribution in [0, 0.1) is 5.92 Å². The maximum Gasteiger partial charge on any atom is 0.303 e. The van der Waals surface area contributed by atoms with Crippen LogP contribution >= 0.6 is 22.7 Å². The molecule has 1 amide bonds. The number of hydrogen-bond donors (Lipinski definition) is 2. The summed E-state index contributed by atoms with van der Waals surface area (Å²) in [7, 11) is 0. The van der Waals surface area contributed by atoms with E-state index in [-0.39, 0.29) is 12.3 Å². The molecule has 136 valence electrons. The largest absolute Gasteiger partial charge is 0.481 e. The Kier molecular flexibility index (Phi) is 7.52. The van der Waals surface area contributed by atoms with Crippen molar-refractivity contribution in [3.63, 3.8) is 0 Å². The topological polar surface area (TPSA) is 92.2 Å². The zero-order valence-corrected chi connectivity index (χ0v) is 16.1.